The molecule has 2 heteroatoms. The Morgan fingerprint density at radius 3 is 2.50 bits per heavy atom. The number of benzene rings is 1. The minimum Gasteiger partial charge on any atom is -0.347 e. The maximum Gasteiger partial charge on any atom is 0.0929 e. The first-order chi connectivity index (χ1) is 6.88. The molecule has 1 heterocycles. The summed E-state index contributed by atoms with van der Waals surface area (Å²) in [5.74, 6) is 0. The summed E-state index contributed by atoms with van der Waals surface area (Å²) in [6.45, 7) is 2.18. The van der Waals surface area contributed by atoms with E-state index in [-0.39, 0.29) is 0 Å². The van der Waals surface area contributed by atoms with Crippen molar-refractivity contribution in [2.24, 2.45) is 0 Å². The van der Waals surface area contributed by atoms with E-state index in [0.29, 0.717) is 0 Å². The molecule has 0 saturated heterocycles. The van der Waals surface area contributed by atoms with Crippen LogP contribution in [0.1, 0.15) is 11.8 Å². The van der Waals surface area contributed by atoms with Crippen LogP contribution in [-0.2, 0) is 6.42 Å². The molecule has 1 nitrogen and oxygen atoms in total. The summed E-state index contributed by atoms with van der Waals surface area (Å²) in [6.07, 6.45) is 1.11. The number of nitrogens with one attached hydrogen (secondary N) is 1. The summed E-state index contributed by atoms with van der Waals surface area (Å²) < 4.78 is 0. The quantitative estimate of drug-likeness (QED) is 0.793. The zero-order valence-corrected chi connectivity index (χ0v) is 8.97. The topological polar surface area (TPSA) is 12.0 Å². The van der Waals surface area contributed by atoms with Gasteiger partial charge in [-0.3, -0.25) is 0 Å². The molecular weight excluding hydrogens is 190 g/mol. The molecule has 1 N–H and O–H groups in total. The first-order valence-corrected chi connectivity index (χ1v) is 5.61. The van der Waals surface area contributed by atoms with E-state index in [4.69, 9.17) is 0 Å². The van der Waals surface area contributed by atoms with Crippen molar-refractivity contribution in [2.75, 3.05) is 5.32 Å². The van der Waals surface area contributed by atoms with Crippen LogP contribution >= 0.6 is 11.3 Å². The highest BCUT2D eigenvalue weighted by atomic mass is 32.1. The molecule has 1 aromatic carbocycles. The molecule has 0 spiro atoms. The molecule has 0 aliphatic carbocycles. The molecule has 72 valence electrons. The lowest BCUT2D eigenvalue weighted by atomic mass is 10.3. The van der Waals surface area contributed by atoms with Crippen molar-refractivity contribution < 1.29 is 0 Å². The third-order valence-corrected chi connectivity index (χ3v) is 3.20. The Morgan fingerprint density at radius 2 is 1.86 bits per heavy atom. The Labute approximate surface area is 88.4 Å². The Bertz CT molecular complexity index is 392. The van der Waals surface area contributed by atoms with Gasteiger partial charge in [-0.25, -0.2) is 0 Å². The average molecular weight is 203 g/mol. The molecule has 1 aromatic heterocycles. The summed E-state index contributed by atoms with van der Waals surface area (Å²) in [5, 5.41) is 4.59. The fourth-order valence-electron chi connectivity index (χ4n) is 1.30. The van der Waals surface area contributed by atoms with Crippen molar-refractivity contribution >= 4 is 22.0 Å². The van der Waals surface area contributed by atoms with E-state index in [2.05, 4.69) is 36.5 Å². The van der Waals surface area contributed by atoms with Gasteiger partial charge in [0, 0.05) is 10.6 Å². The Kier molecular flexibility index (Phi) is 2.84. The second-order valence-corrected chi connectivity index (χ2v) is 4.28. The van der Waals surface area contributed by atoms with Gasteiger partial charge >= 0.3 is 0 Å². The maximum absolute atomic E-state index is 3.38. The standard InChI is InChI=1S/C12H13NS/c1-2-11-8-9-12(14-11)13-10-6-4-3-5-7-10/h3-9,13H,2H2,1H3. The average Bonchev–Trinajstić information content (AvgIpc) is 2.67. The number of para-hydroxylation sites is 1. The minimum absolute atomic E-state index is 1.11. The van der Waals surface area contributed by atoms with E-state index >= 15 is 0 Å². The molecule has 0 fully saturated rings. The molecule has 14 heavy (non-hydrogen) atoms. The molecular formula is C12H13NS. The van der Waals surface area contributed by atoms with Crippen LogP contribution < -0.4 is 5.32 Å². The molecule has 0 bridgehead atoms. The number of hydrogen-bond donors (Lipinski definition) is 1. The van der Waals surface area contributed by atoms with Crippen molar-refractivity contribution in [2.45, 2.75) is 13.3 Å². The van der Waals surface area contributed by atoms with Gasteiger partial charge in [0.25, 0.3) is 0 Å². The summed E-state index contributed by atoms with van der Waals surface area (Å²) in [4.78, 5) is 1.42. The van der Waals surface area contributed by atoms with E-state index in [1.165, 1.54) is 9.88 Å². The lowest BCUT2D eigenvalue weighted by Gasteiger charge is -2.01. The van der Waals surface area contributed by atoms with Crippen molar-refractivity contribution in [1.29, 1.82) is 0 Å². The van der Waals surface area contributed by atoms with E-state index < -0.39 is 0 Å². The van der Waals surface area contributed by atoms with Crippen LogP contribution in [0.4, 0.5) is 10.7 Å². The van der Waals surface area contributed by atoms with Crippen molar-refractivity contribution in [3.63, 3.8) is 0 Å². The smallest absolute Gasteiger partial charge is 0.0929 e. The zero-order chi connectivity index (χ0) is 9.80. The Hall–Kier alpha value is -1.28. The highest BCUT2D eigenvalue weighted by Crippen LogP contribution is 2.25. The zero-order valence-electron chi connectivity index (χ0n) is 8.16. The first-order valence-electron chi connectivity index (χ1n) is 4.79. The molecule has 0 amide bonds. The van der Waals surface area contributed by atoms with Crippen molar-refractivity contribution in [3.05, 3.63) is 47.3 Å². The predicted octanol–water partition coefficient (Wildman–Crippen LogP) is 4.05. The molecule has 0 aliphatic heterocycles. The van der Waals surface area contributed by atoms with Gasteiger partial charge in [-0.1, -0.05) is 25.1 Å². The lowest BCUT2D eigenvalue weighted by molar-refractivity contribution is 1.19. The first kappa shape index (κ1) is 9.28. The molecule has 0 aliphatic rings. The lowest BCUT2D eigenvalue weighted by Crippen LogP contribution is -1.84. The van der Waals surface area contributed by atoms with Crippen LogP contribution in [0.25, 0.3) is 0 Å². The van der Waals surface area contributed by atoms with E-state index in [0.717, 1.165) is 12.1 Å². The van der Waals surface area contributed by atoms with E-state index in [1.807, 2.05) is 29.5 Å². The van der Waals surface area contributed by atoms with Crippen LogP contribution in [0.15, 0.2) is 42.5 Å². The molecule has 2 aromatic rings. The normalized spacial score (nSPS) is 10.1. The molecule has 0 saturated carbocycles. The number of anilines is 2. The van der Waals surface area contributed by atoms with Crippen molar-refractivity contribution in [3.8, 4) is 0 Å². The van der Waals surface area contributed by atoms with Gasteiger partial charge in [0.1, 0.15) is 0 Å². The molecule has 0 radical (unpaired) electrons. The van der Waals surface area contributed by atoms with Crippen LogP contribution in [0.3, 0.4) is 0 Å². The SMILES string of the molecule is CCc1ccc(Nc2ccccc2)s1. The van der Waals surface area contributed by atoms with Crippen LogP contribution in [0.5, 0.6) is 0 Å². The summed E-state index contributed by atoms with van der Waals surface area (Å²) in [7, 11) is 0. The third-order valence-electron chi connectivity index (χ3n) is 2.05. The summed E-state index contributed by atoms with van der Waals surface area (Å²) >= 11 is 1.82. The van der Waals surface area contributed by atoms with Crippen LogP contribution in [0.2, 0.25) is 0 Å². The van der Waals surface area contributed by atoms with Gasteiger partial charge in [0.05, 0.1) is 5.00 Å². The van der Waals surface area contributed by atoms with Gasteiger partial charge in [-0.15, -0.1) is 11.3 Å². The number of rotatable bonds is 3. The second kappa shape index (κ2) is 4.29. The van der Waals surface area contributed by atoms with Crippen LogP contribution in [0, 0.1) is 0 Å². The number of hydrogen-bond acceptors (Lipinski definition) is 2. The number of thiophene rings is 1. The van der Waals surface area contributed by atoms with Gasteiger partial charge in [-0.2, -0.15) is 0 Å². The minimum atomic E-state index is 1.11. The Morgan fingerprint density at radius 1 is 1.07 bits per heavy atom. The fourth-order valence-corrected chi connectivity index (χ4v) is 2.17. The predicted molar refractivity (Wildman–Crippen MR) is 63.4 cm³/mol. The fraction of sp³-hybridized carbons (Fsp3) is 0.167. The van der Waals surface area contributed by atoms with E-state index in [9.17, 15) is 0 Å². The second-order valence-electron chi connectivity index (χ2n) is 3.11. The third kappa shape index (κ3) is 2.15. The summed E-state index contributed by atoms with van der Waals surface area (Å²) in [5.41, 5.74) is 1.15. The maximum atomic E-state index is 3.38. The highest BCUT2D eigenvalue weighted by Gasteiger charge is 1.97. The van der Waals surface area contributed by atoms with Crippen LogP contribution in [-0.4, -0.2) is 0 Å². The summed E-state index contributed by atoms with van der Waals surface area (Å²) in [6, 6.07) is 14.6. The molecule has 0 unspecified atom stereocenters. The molecule has 2 rings (SSSR count). The largest absolute Gasteiger partial charge is 0.347 e. The van der Waals surface area contributed by atoms with Gasteiger partial charge in [-0.05, 0) is 30.7 Å². The van der Waals surface area contributed by atoms with Crippen molar-refractivity contribution in [1.82, 2.24) is 0 Å². The monoisotopic (exact) mass is 203 g/mol. The van der Waals surface area contributed by atoms with Gasteiger partial charge < -0.3 is 5.32 Å². The molecule has 0 atom stereocenters. The number of aryl methyl sites for hydroxylation is 1. The Balaban J connectivity index is 2.11. The van der Waals surface area contributed by atoms with Gasteiger partial charge in [0.15, 0.2) is 0 Å². The van der Waals surface area contributed by atoms with E-state index in [1.54, 1.807) is 0 Å². The highest BCUT2D eigenvalue weighted by molar-refractivity contribution is 7.16. The van der Waals surface area contributed by atoms with Gasteiger partial charge in [0.2, 0.25) is 0 Å².